The molecule has 0 spiro atoms. The standard InChI is InChI=1S/C9H13N5O2S/c1-10-9-11-4-7(14(15)16)8(13-9)12-6-2-3-17-5-6/h4,6H,2-3,5H2,1H3,(H2,10,11,12,13). The summed E-state index contributed by atoms with van der Waals surface area (Å²) >= 11 is 1.83. The minimum Gasteiger partial charge on any atom is -0.361 e. The van der Waals surface area contributed by atoms with Crippen LogP contribution in [0.3, 0.4) is 0 Å². The molecule has 1 aliphatic rings. The Kier molecular flexibility index (Phi) is 3.62. The van der Waals surface area contributed by atoms with Gasteiger partial charge in [-0.15, -0.1) is 0 Å². The highest BCUT2D eigenvalue weighted by atomic mass is 32.2. The molecule has 0 saturated carbocycles. The van der Waals surface area contributed by atoms with Crippen LogP contribution in [0.15, 0.2) is 6.20 Å². The molecule has 92 valence electrons. The average molecular weight is 255 g/mol. The Hall–Kier alpha value is -1.57. The first kappa shape index (κ1) is 11.9. The third-order valence-electron chi connectivity index (χ3n) is 2.46. The highest BCUT2D eigenvalue weighted by molar-refractivity contribution is 7.99. The molecule has 1 unspecified atom stereocenters. The number of thioether (sulfide) groups is 1. The topological polar surface area (TPSA) is 93.0 Å². The van der Waals surface area contributed by atoms with Crippen molar-refractivity contribution in [2.45, 2.75) is 12.5 Å². The fourth-order valence-electron chi connectivity index (χ4n) is 1.58. The molecule has 2 N–H and O–H groups in total. The van der Waals surface area contributed by atoms with E-state index < -0.39 is 4.92 Å². The Bertz CT molecular complexity index is 422. The van der Waals surface area contributed by atoms with Crippen molar-refractivity contribution in [2.24, 2.45) is 0 Å². The summed E-state index contributed by atoms with van der Waals surface area (Å²) in [6.45, 7) is 0. The van der Waals surface area contributed by atoms with Crippen LogP contribution in [0.1, 0.15) is 6.42 Å². The number of rotatable bonds is 4. The molecule has 2 rings (SSSR count). The second-order valence-corrected chi connectivity index (χ2v) is 4.79. The lowest BCUT2D eigenvalue weighted by atomic mass is 10.2. The van der Waals surface area contributed by atoms with Crippen molar-refractivity contribution in [1.29, 1.82) is 0 Å². The van der Waals surface area contributed by atoms with Crippen LogP contribution in [0.4, 0.5) is 17.5 Å². The van der Waals surface area contributed by atoms with Gasteiger partial charge in [0.15, 0.2) is 0 Å². The maximum Gasteiger partial charge on any atom is 0.329 e. The lowest BCUT2D eigenvalue weighted by Gasteiger charge is -2.12. The van der Waals surface area contributed by atoms with Gasteiger partial charge in [0.2, 0.25) is 11.8 Å². The van der Waals surface area contributed by atoms with Gasteiger partial charge >= 0.3 is 5.69 Å². The predicted molar refractivity (Wildman–Crippen MR) is 67.6 cm³/mol. The number of hydrogen-bond donors (Lipinski definition) is 2. The molecular weight excluding hydrogens is 242 g/mol. The molecule has 1 aliphatic heterocycles. The summed E-state index contributed by atoms with van der Waals surface area (Å²) in [5.41, 5.74) is -0.0825. The molecular formula is C9H13N5O2S. The van der Waals surface area contributed by atoms with Crippen molar-refractivity contribution in [3.63, 3.8) is 0 Å². The summed E-state index contributed by atoms with van der Waals surface area (Å²) in [6, 6.07) is 0.248. The normalized spacial score (nSPS) is 19.0. The number of hydrogen-bond acceptors (Lipinski definition) is 7. The summed E-state index contributed by atoms with van der Waals surface area (Å²) in [5, 5.41) is 16.7. The third kappa shape index (κ3) is 2.76. The van der Waals surface area contributed by atoms with E-state index in [1.807, 2.05) is 11.8 Å². The minimum absolute atomic E-state index is 0.0825. The molecule has 2 heterocycles. The lowest BCUT2D eigenvalue weighted by Crippen LogP contribution is -2.20. The van der Waals surface area contributed by atoms with Gasteiger partial charge in [0, 0.05) is 18.8 Å². The largest absolute Gasteiger partial charge is 0.361 e. The van der Waals surface area contributed by atoms with E-state index >= 15 is 0 Å². The smallest absolute Gasteiger partial charge is 0.329 e. The molecule has 1 aromatic rings. The van der Waals surface area contributed by atoms with Crippen molar-refractivity contribution < 1.29 is 4.92 Å². The molecule has 1 atom stereocenters. The Morgan fingerprint density at radius 3 is 3.06 bits per heavy atom. The van der Waals surface area contributed by atoms with Crippen LogP contribution in [-0.2, 0) is 0 Å². The van der Waals surface area contributed by atoms with Gasteiger partial charge < -0.3 is 10.6 Å². The molecule has 17 heavy (non-hydrogen) atoms. The zero-order chi connectivity index (χ0) is 12.3. The molecule has 0 amide bonds. The van der Waals surface area contributed by atoms with E-state index in [9.17, 15) is 10.1 Å². The molecule has 1 fully saturated rings. The molecule has 8 heteroatoms. The van der Waals surface area contributed by atoms with Crippen LogP contribution in [0.25, 0.3) is 0 Å². The van der Waals surface area contributed by atoms with Gasteiger partial charge in [0.05, 0.1) is 4.92 Å². The molecule has 1 aromatic heterocycles. The van der Waals surface area contributed by atoms with E-state index in [4.69, 9.17) is 0 Å². The summed E-state index contributed by atoms with van der Waals surface area (Å²) in [4.78, 5) is 18.3. The quantitative estimate of drug-likeness (QED) is 0.619. The van der Waals surface area contributed by atoms with Crippen LogP contribution in [0.2, 0.25) is 0 Å². The van der Waals surface area contributed by atoms with Crippen molar-refractivity contribution in [3.05, 3.63) is 16.3 Å². The van der Waals surface area contributed by atoms with Crippen LogP contribution in [0, 0.1) is 10.1 Å². The second kappa shape index (κ2) is 5.17. The third-order valence-corrected chi connectivity index (χ3v) is 3.62. The Balaban J connectivity index is 2.24. The first-order chi connectivity index (χ1) is 8.20. The zero-order valence-corrected chi connectivity index (χ0v) is 10.2. The van der Waals surface area contributed by atoms with Gasteiger partial charge in [-0.3, -0.25) is 10.1 Å². The number of aromatic nitrogens is 2. The first-order valence-corrected chi connectivity index (χ1v) is 6.39. The average Bonchev–Trinajstić information content (AvgIpc) is 2.81. The maximum absolute atomic E-state index is 10.9. The molecule has 7 nitrogen and oxygen atoms in total. The van der Waals surface area contributed by atoms with Crippen LogP contribution in [0.5, 0.6) is 0 Å². The Morgan fingerprint density at radius 2 is 2.47 bits per heavy atom. The molecule has 1 saturated heterocycles. The van der Waals surface area contributed by atoms with Crippen LogP contribution < -0.4 is 10.6 Å². The Morgan fingerprint density at radius 1 is 1.65 bits per heavy atom. The summed E-state index contributed by atoms with van der Waals surface area (Å²) in [5.74, 6) is 2.71. The fraction of sp³-hybridized carbons (Fsp3) is 0.556. The summed E-state index contributed by atoms with van der Waals surface area (Å²) < 4.78 is 0. The number of anilines is 2. The summed E-state index contributed by atoms with van der Waals surface area (Å²) in [6.07, 6.45) is 2.23. The molecule has 0 aromatic carbocycles. The first-order valence-electron chi connectivity index (χ1n) is 5.24. The van der Waals surface area contributed by atoms with E-state index in [-0.39, 0.29) is 11.7 Å². The number of nitrogens with zero attached hydrogens (tertiary/aromatic N) is 3. The lowest BCUT2D eigenvalue weighted by molar-refractivity contribution is -0.384. The number of nitro groups is 1. The predicted octanol–water partition coefficient (Wildman–Crippen LogP) is 1.34. The summed E-state index contributed by atoms with van der Waals surface area (Å²) in [7, 11) is 1.68. The maximum atomic E-state index is 10.9. The van der Waals surface area contributed by atoms with E-state index in [2.05, 4.69) is 20.6 Å². The van der Waals surface area contributed by atoms with Crippen molar-refractivity contribution in [2.75, 3.05) is 29.2 Å². The van der Waals surface area contributed by atoms with E-state index in [0.717, 1.165) is 17.9 Å². The zero-order valence-electron chi connectivity index (χ0n) is 9.34. The molecule has 0 radical (unpaired) electrons. The van der Waals surface area contributed by atoms with Gasteiger partial charge in [-0.1, -0.05) is 0 Å². The minimum atomic E-state index is -0.468. The van der Waals surface area contributed by atoms with Crippen molar-refractivity contribution in [3.8, 4) is 0 Å². The highest BCUT2D eigenvalue weighted by Crippen LogP contribution is 2.26. The monoisotopic (exact) mass is 255 g/mol. The van der Waals surface area contributed by atoms with E-state index in [0.29, 0.717) is 11.8 Å². The SMILES string of the molecule is CNc1ncc([N+](=O)[O-])c(NC2CCSC2)n1. The molecule has 0 bridgehead atoms. The van der Waals surface area contributed by atoms with Gasteiger partial charge in [0.25, 0.3) is 0 Å². The van der Waals surface area contributed by atoms with Crippen molar-refractivity contribution >= 4 is 29.2 Å². The Labute approximate surface area is 103 Å². The van der Waals surface area contributed by atoms with Gasteiger partial charge in [-0.05, 0) is 12.2 Å². The van der Waals surface area contributed by atoms with Crippen LogP contribution in [-0.4, -0.2) is 39.5 Å². The van der Waals surface area contributed by atoms with Gasteiger partial charge in [-0.25, -0.2) is 4.98 Å². The fourth-order valence-corrected chi connectivity index (χ4v) is 2.73. The van der Waals surface area contributed by atoms with Crippen molar-refractivity contribution in [1.82, 2.24) is 9.97 Å². The second-order valence-electron chi connectivity index (χ2n) is 3.64. The number of nitrogens with one attached hydrogen (secondary N) is 2. The highest BCUT2D eigenvalue weighted by Gasteiger charge is 2.22. The van der Waals surface area contributed by atoms with Gasteiger partial charge in [-0.2, -0.15) is 16.7 Å². The van der Waals surface area contributed by atoms with Gasteiger partial charge in [0.1, 0.15) is 6.20 Å². The van der Waals surface area contributed by atoms with Crippen LogP contribution >= 0.6 is 11.8 Å². The van der Waals surface area contributed by atoms with E-state index in [1.165, 1.54) is 6.20 Å². The van der Waals surface area contributed by atoms with E-state index in [1.54, 1.807) is 7.05 Å². The molecule has 0 aliphatic carbocycles.